The van der Waals surface area contributed by atoms with Crippen molar-refractivity contribution >= 4 is 12.6 Å². The highest BCUT2D eigenvalue weighted by molar-refractivity contribution is 6.62. The molecule has 1 unspecified atom stereocenters. The minimum atomic E-state index is -0.973. The van der Waals surface area contributed by atoms with E-state index in [-0.39, 0.29) is 17.8 Å². The molecule has 1 N–H and O–H groups in total. The van der Waals surface area contributed by atoms with Crippen molar-refractivity contribution in [3.63, 3.8) is 0 Å². The van der Waals surface area contributed by atoms with Gasteiger partial charge >= 0.3 is 7.12 Å². The zero-order chi connectivity index (χ0) is 16.8. The summed E-state index contributed by atoms with van der Waals surface area (Å²) in [6, 6.07) is 0. The molecule has 1 fully saturated rings. The van der Waals surface area contributed by atoms with Gasteiger partial charge in [-0.25, -0.2) is 0 Å². The second-order valence-corrected chi connectivity index (χ2v) is 7.36. The Balaban J connectivity index is 2.19. The van der Waals surface area contributed by atoms with Crippen LogP contribution < -0.4 is 5.46 Å². The predicted octanol–water partition coefficient (Wildman–Crippen LogP) is 0.888. The van der Waals surface area contributed by atoms with Crippen molar-refractivity contribution < 1.29 is 19.2 Å². The normalized spacial score (nSPS) is 22.8. The molecule has 1 aromatic rings. The molecular formula is C15H27BN2O4. The van der Waals surface area contributed by atoms with E-state index in [1.54, 1.807) is 24.9 Å². The van der Waals surface area contributed by atoms with Crippen LogP contribution in [0, 0.1) is 6.92 Å². The highest BCUT2D eigenvalue weighted by Gasteiger charge is 2.52. The first-order chi connectivity index (χ1) is 9.99. The van der Waals surface area contributed by atoms with Crippen molar-refractivity contribution in [3.8, 4) is 0 Å². The lowest BCUT2D eigenvalue weighted by Gasteiger charge is -2.32. The highest BCUT2D eigenvalue weighted by Crippen LogP contribution is 2.36. The molecule has 0 aromatic carbocycles. The van der Waals surface area contributed by atoms with Gasteiger partial charge in [0.05, 0.1) is 24.4 Å². The molecule has 7 heteroatoms. The molecule has 0 bridgehead atoms. The summed E-state index contributed by atoms with van der Waals surface area (Å²) in [6.07, 6.45) is 1.75. The van der Waals surface area contributed by atoms with Crippen LogP contribution in [0.15, 0.2) is 6.20 Å². The Kier molecular flexibility index (Phi) is 4.47. The Morgan fingerprint density at radius 2 is 1.86 bits per heavy atom. The maximum Gasteiger partial charge on any atom is 0.498 e. The molecule has 124 valence electrons. The summed E-state index contributed by atoms with van der Waals surface area (Å²) in [7, 11) is 1.13. The Morgan fingerprint density at radius 3 is 2.36 bits per heavy atom. The zero-order valence-corrected chi connectivity index (χ0v) is 14.6. The van der Waals surface area contributed by atoms with Gasteiger partial charge in [-0.2, -0.15) is 5.10 Å². The monoisotopic (exact) mass is 310 g/mol. The van der Waals surface area contributed by atoms with Crippen molar-refractivity contribution in [2.75, 3.05) is 13.7 Å². The van der Waals surface area contributed by atoms with Crippen LogP contribution in [0.5, 0.6) is 0 Å². The number of ether oxygens (including phenoxy) is 1. The van der Waals surface area contributed by atoms with Crippen LogP contribution in [-0.4, -0.2) is 52.5 Å². The third kappa shape index (κ3) is 3.22. The quantitative estimate of drug-likeness (QED) is 0.818. The van der Waals surface area contributed by atoms with Crippen molar-refractivity contribution in [3.05, 3.63) is 11.9 Å². The molecule has 1 aliphatic rings. The largest absolute Gasteiger partial charge is 0.498 e. The first kappa shape index (κ1) is 17.5. The van der Waals surface area contributed by atoms with Crippen molar-refractivity contribution in [2.24, 2.45) is 0 Å². The number of hydrogen-bond acceptors (Lipinski definition) is 5. The van der Waals surface area contributed by atoms with Crippen LogP contribution in [-0.2, 0) is 20.6 Å². The average Bonchev–Trinajstić information content (AvgIpc) is 2.78. The van der Waals surface area contributed by atoms with Gasteiger partial charge in [0.25, 0.3) is 0 Å². The number of hydrogen-bond donors (Lipinski definition) is 1. The second-order valence-electron chi connectivity index (χ2n) is 7.36. The number of aromatic nitrogens is 2. The van der Waals surface area contributed by atoms with Crippen molar-refractivity contribution in [1.82, 2.24) is 9.78 Å². The van der Waals surface area contributed by atoms with E-state index >= 15 is 0 Å². The summed E-state index contributed by atoms with van der Waals surface area (Å²) in [5, 5.41) is 14.6. The molecular weight excluding hydrogens is 283 g/mol. The van der Waals surface area contributed by atoms with Gasteiger partial charge in [0.2, 0.25) is 0 Å². The van der Waals surface area contributed by atoms with Crippen molar-refractivity contribution in [1.29, 1.82) is 0 Å². The Labute approximate surface area is 132 Å². The molecule has 0 amide bonds. The van der Waals surface area contributed by atoms with Crippen LogP contribution in [0.25, 0.3) is 0 Å². The van der Waals surface area contributed by atoms with Gasteiger partial charge in [-0.15, -0.1) is 0 Å². The van der Waals surface area contributed by atoms with Gasteiger partial charge in [-0.3, -0.25) is 4.68 Å². The zero-order valence-electron chi connectivity index (χ0n) is 14.6. The summed E-state index contributed by atoms with van der Waals surface area (Å²) in [5.74, 6) is 0. The molecule has 0 saturated carbocycles. The molecule has 6 nitrogen and oxygen atoms in total. The molecule has 1 aliphatic heterocycles. The van der Waals surface area contributed by atoms with Crippen molar-refractivity contribution in [2.45, 2.75) is 64.9 Å². The van der Waals surface area contributed by atoms with E-state index in [4.69, 9.17) is 14.0 Å². The molecule has 0 spiro atoms. The minimum absolute atomic E-state index is 0.248. The van der Waals surface area contributed by atoms with Crippen LogP contribution in [0.3, 0.4) is 0 Å². The smallest absolute Gasteiger partial charge is 0.399 e. The van der Waals surface area contributed by atoms with Gasteiger partial charge in [0.1, 0.15) is 5.60 Å². The summed E-state index contributed by atoms with van der Waals surface area (Å²) in [5.41, 5.74) is 0.0852. The molecule has 2 rings (SSSR count). The van der Waals surface area contributed by atoms with Crippen LogP contribution >= 0.6 is 0 Å². The van der Waals surface area contributed by atoms with E-state index in [1.807, 2.05) is 34.6 Å². The third-order valence-electron chi connectivity index (χ3n) is 4.59. The maximum atomic E-state index is 10.3. The van der Waals surface area contributed by atoms with E-state index in [0.717, 1.165) is 11.2 Å². The lowest BCUT2D eigenvalue weighted by molar-refractivity contribution is -0.0312. The van der Waals surface area contributed by atoms with Gasteiger partial charge in [-0.05, 0) is 41.5 Å². The van der Waals surface area contributed by atoms with Crippen LogP contribution in [0.1, 0.15) is 40.3 Å². The minimum Gasteiger partial charge on any atom is -0.399 e. The van der Waals surface area contributed by atoms with Crippen LogP contribution in [0.4, 0.5) is 0 Å². The van der Waals surface area contributed by atoms with E-state index < -0.39 is 12.7 Å². The van der Waals surface area contributed by atoms with E-state index in [9.17, 15) is 5.11 Å². The summed E-state index contributed by atoms with van der Waals surface area (Å²) >= 11 is 0. The average molecular weight is 310 g/mol. The molecule has 0 radical (unpaired) electrons. The number of nitrogens with zero attached hydrogens (tertiary/aromatic N) is 2. The number of methoxy groups -OCH3 is 1. The summed E-state index contributed by atoms with van der Waals surface area (Å²) in [6.45, 7) is 12.4. The fraction of sp³-hybridized carbons (Fsp3) is 0.800. The van der Waals surface area contributed by atoms with E-state index in [2.05, 4.69) is 5.10 Å². The fourth-order valence-electron chi connectivity index (χ4n) is 2.50. The summed E-state index contributed by atoms with van der Waals surface area (Å²) in [4.78, 5) is 0. The first-order valence-electron chi connectivity index (χ1n) is 7.58. The molecule has 1 atom stereocenters. The van der Waals surface area contributed by atoms with Gasteiger partial charge < -0.3 is 19.2 Å². The molecule has 0 aliphatic carbocycles. The standard InChI is InChI=1S/C15H27BN2O4/c1-11-12(16-21-13(2,3)14(4,5)22-16)8-17-18(11)9-15(6,19)10-20-7/h8,19H,9-10H2,1-7H3. The van der Waals surface area contributed by atoms with Gasteiger partial charge in [0.15, 0.2) is 0 Å². The molecule has 2 heterocycles. The molecule has 22 heavy (non-hydrogen) atoms. The lowest BCUT2D eigenvalue weighted by Crippen LogP contribution is -2.41. The lowest BCUT2D eigenvalue weighted by atomic mass is 9.79. The van der Waals surface area contributed by atoms with Gasteiger partial charge in [0, 0.05) is 24.5 Å². The number of rotatable bonds is 5. The first-order valence-corrected chi connectivity index (χ1v) is 7.58. The Hall–Kier alpha value is -0.885. The Bertz CT molecular complexity index is 524. The van der Waals surface area contributed by atoms with E-state index in [0.29, 0.717) is 6.54 Å². The van der Waals surface area contributed by atoms with Gasteiger partial charge in [-0.1, -0.05) is 0 Å². The topological polar surface area (TPSA) is 65.7 Å². The maximum absolute atomic E-state index is 10.3. The SMILES string of the molecule is COCC(C)(O)Cn1ncc(B2OC(C)(C)C(C)(C)O2)c1C. The summed E-state index contributed by atoms with van der Waals surface area (Å²) < 4.78 is 18.9. The van der Waals surface area contributed by atoms with E-state index in [1.165, 1.54) is 0 Å². The number of aliphatic hydroxyl groups is 1. The second kappa shape index (κ2) is 5.63. The Morgan fingerprint density at radius 1 is 1.32 bits per heavy atom. The fourth-order valence-corrected chi connectivity index (χ4v) is 2.50. The van der Waals surface area contributed by atoms with Crippen LogP contribution in [0.2, 0.25) is 0 Å². The predicted molar refractivity (Wildman–Crippen MR) is 85.2 cm³/mol. The third-order valence-corrected chi connectivity index (χ3v) is 4.59. The molecule has 1 saturated heterocycles. The highest BCUT2D eigenvalue weighted by atomic mass is 16.7. The molecule has 1 aromatic heterocycles.